The normalized spacial score (nSPS) is 17.0. The summed E-state index contributed by atoms with van der Waals surface area (Å²) < 4.78 is 0. The van der Waals surface area contributed by atoms with Gasteiger partial charge in [-0.25, -0.2) is 0 Å². The van der Waals surface area contributed by atoms with E-state index in [-0.39, 0.29) is 5.91 Å². The molecule has 1 saturated carbocycles. The first-order valence-corrected chi connectivity index (χ1v) is 4.33. The average molecular weight is 159 g/mol. The van der Waals surface area contributed by atoms with Gasteiger partial charge in [-0.2, -0.15) is 12.6 Å². The Morgan fingerprint density at radius 3 is 2.60 bits per heavy atom. The van der Waals surface area contributed by atoms with Crippen LogP contribution in [-0.4, -0.2) is 29.1 Å². The summed E-state index contributed by atoms with van der Waals surface area (Å²) in [6.45, 7) is 2.85. The monoisotopic (exact) mass is 159 g/mol. The Kier molecular flexibility index (Phi) is 2.60. The maximum Gasteiger partial charge on any atom is 0.232 e. The Hall–Kier alpha value is -0.180. The highest BCUT2D eigenvalue weighted by molar-refractivity contribution is 7.81. The molecule has 0 spiro atoms. The predicted molar refractivity (Wildman–Crippen MR) is 44.3 cm³/mol. The van der Waals surface area contributed by atoms with Gasteiger partial charge >= 0.3 is 0 Å². The minimum atomic E-state index is 0.174. The van der Waals surface area contributed by atoms with Crippen molar-refractivity contribution < 1.29 is 4.79 Å². The van der Waals surface area contributed by atoms with Crippen molar-refractivity contribution in [1.82, 2.24) is 4.90 Å². The molecule has 1 aliphatic carbocycles. The van der Waals surface area contributed by atoms with Gasteiger partial charge in [0, 0.05) is 12.6 Å². The molecule has 0 aromatic rings. The molecular formula is C7H13NOS. The number of thiol groups is 1. The van der Waals surface area contributed by atoms with E-state index in [0.717, 1.165) is 6.54 Å². The SMILES string of the molecule is CCN(C(=O)CS)C1CC1. The van der Waals surface area contributed by atoms with Crippen molar-refractivity contribution in [1.29, 1.82) is 0 Å². The number of carbonyl (C=O) groups is 1. The fourth-order valence-electron chi connectivity index (χ4n) is 1.12. The topological polar surface area (TPSA) is 20.3 Å². The molecule has 58 valence electrons. The Balaban J connectivity index is 2.38. The van der Waals surface area contributed by atoms with Crippen molar-refractivity contribution in [3.8, 4) is 0 Å². The Labute approximate surface area is 67.0 Å². The van der Waals surface area contributed by atoms with Crippen molar-refractivity contribution in [2.75, 3.05) is 12.3 Å². The number of amides is 1. The summed E-state index contributed by atoms with van der Waals surface area (Å²) in [7, 11) is 0. The van der Waals surface area contributed by atoms with E-state index in [1.165, 1.54) is 12.8 Å². The molecule has 0 bridgehead atoms. The molecule has 1 fully saturated rings. The van der Waals surface area contributed by atoms with Crippen LogP contribution in [0.15, 0.2) is 0 Å². The summed E-state index contributed by atoms with van der Waals surface area (Å²) in [5, 5.41) is 0. The van der Waals surface area contributed by atoms with Gasteiger partial charge in [-0.1, -0.05) is 0 Å². The van der Waals surface area contributed by atoms with Gasteiger partial charge in [-0.3, -0.25) is 4.79 Å². The molecule has 3 heteroatoms. The summed E-state index contributed by atoms with van der Waals surface area (Å²) in [6, 6.07) is 0.546. The van der Waals surface area contributed by atoms with Crippen LogP contribution in [0.25, 0.3) is 0 Å². The van der Waals surface area contributed by atoms with E-state index in [2.05, 4.69) is 12.6 Å². The number of nitrogens with zero attached hydrogens (tertiary/aromatic N) is 1. The van der Waals surface area contributed by atoms with Gasteiger partial charge in [-0.05, 0) is 19.8 Å². The molecular weight excluding hydrogens is 146 g/mol. The first-order valence-electron chi connectivity index (χ1n) is 3.70. The molecule has 0 aliphatic heterocycles. The van der Waals surface area contributed by atoms with Crippen LogP contribution in [0.1, 0.15) is 19.8 Å². The third kappa shape index (κ3) is 1.66. The smallest absolute Gasteiger partial charge is 0.232 e. The Morgan fingerprint density at radius 2 is 2.30 bits per heavy atom. The van der Waals surface area contributed by atoms with Gasteiger partial charge in [0.25, 0.3) is 0 Å². The molecule has 1 amide bonds. The van der Waals surface area contributed by atoms with Crippen LogP contribution in [0.3, 0.4) is 0 Å². The highest BCUT2D eigenvalue weighted by Crippen LogP contribution is 2.26. The number of hydrogen-bond donors (Lipinski definition) is 1. The molecule has 0 N–H and O–H groups in total. The summed E-state index contributed by atoms with van der Waals surface area (Å²) in [4.78, 5) is 13.0. The molecule has 0 unspecified atom stereocenters. The molecule has 1 aliphatic rings. The van der Waals surface area contributed by atoms with Gasteiger partial charge < -0.3 is 4.90 Å². The van der Waals surface area contributed by atoms with Crippen LogP contribution < -0.4 is 0 Å². The largest absolute Gasteiger partial charge is 0.339 e. The first kappa shape index (κ1) is 7.92. The van der Waals surface area contributed by atoms with Crippen LogP contribution in [0, 0.1) is 0 Å². The summed E-state index contributed by atoms with van der Waals surface area (Å²) in [5.74, 6) is 0.526. The van der Waals surface area contributed by atoms with Crippen LogP contribution in [0.2, 0.25) is 0 Å². The molecule has 0 heterocycles. The maximum absolute atomic E-state index is 11.1. The second-order valence-corrected chi connectivity index (χ2v) is 2.89. The molecule has 0 aromatic heterocycles. The van der Waals surface area contributed by atoms with E-state index in [1.54, 1.807) is 0 Å². The van der Waals surface area contributed by atoms with Gasteiger partial charge in [-0.15, -0.1) is 0 Å². The summed E-state index contributed by atoms with van der Waals surface area (Å²) in [5.41, 5.74) is 0. The van der Waals surface area contributed by atoms with Crippen molar-refractivity contribution >= 4 is 18.5 Å². The maximum atomic E-state index is 11.1. The highest BCUT2D eigenvalue weighted by Gasteiger charge is 2.30. The number of carbonyl (C=O) groups excluding carboxylic acids is 1. The molecule has 0 aromatic carbocycles. The van der Waals surface area contributed by atoms with Gasteiger partial charge in [0.2, 0.25) is 5.91 Å². The minimum Gasteiger partial charge on any atom is -0.339 e. The van der Waals surface area contributed by atoms with E-state index < -0.39 is 0 Å². The lowest BCUT2D eigenvalue weighted by molar-refractivity contribution is -0.128. The fourth-order valence-corrected chi connectivity index (χ4v) is 1.30. The molecule has 0 radical (unpaired) electrons. The van der Waals surface area contributed by atoms with E-state index in [1.807, 2.05) is 11.8 Å². The number of hydrogen-bond acceptors (Lipinski definition) is 2. The molecule has 10 heavy (non-hydrogen) atoms. The minimum absolute atomic E-state index is 0.174. The zero-order chi connectivity index (χ0) is 7.56. The van der Waals surface area contributed by atoms with Crippen molar-refractivity contribution in [3.05, 3.63) is 0 Å². The lowest BCUT2D eigenvalue weighted by Crippen LogP contribution is -2.33. The quantitative estimate of drug-likeness (QED) is 0.607. The van der Waals surface area contributed by atoms with E-state index in [9.17, 15) is 4.79 Å². The third-order valence-electron chi connectivity index (χ3n) is 1.78. The summed E-state index contributed by atoms with van der Waals surface area (Å²) in [6.07, 6.45) is 2.38. The average Bonchev–Trinajstić information content (AvgIpc) is 2.73. The van der Waals surface area contributed by atoms with E-state index in [0.29, 0.717) is 11.8 Å². The van der Waals surface area contributed by atoms with Gasteiger partial charge in [0.15, 0.2) is 0 Å². The third-order valence-corrected chi connectivity index (χ3v) is 2.05. The Bertz CT molecular complexity index is 134. The molecule has 0 atom stereocenters. The van der Waals surface area contributed by atoms with E-state index >= 15 is 0 Å². The van der Waals surface area contributed by atoms with Crippen LogP contribution in [0.5, 0.6) is 0 Å². The van der Waals surface area contributed by atoms with Crippen LogP contribution in [0.4, 0.5) is 0 Å². The molecule has 1 rings (SSSR count). The second kappa shape index (κ2) is 3.28. The summed E-state index contributed by atoms with van der Waals surface area (Å²) >= 11 is 3.94. The van der Waals surface area contributed by atoms with Crippen molar-refractivity contribution in [3.63, 3.8) is 0 Å². The van der Waals surface area contributed by atoms with Gasteiger partial charge in [0.05, 0.1) is 5.75 Å². The zero-order valence-electron chi connectivity index (χ0n) is 6.21. The van der Waals surface area contributed by atoms with Crippen LogP contribution >= 0.6 is 12.6 Å². The Morgan fingerprint density at radius 1 is 1.70 bits per heavy atom. The fraction of sp³-hybridized carbons (Fsp3) is 0.857. The first-order chi connectivity index (χ1) is 4.79. The van der Waals surface area contributed by atoms with Gasteiger partial charge in [0.1, 0.15) is 0 Å². The highest BCUT2D eigenvalue weighted by atomic mass is 32.1. The molecule has 0 saturated heterocycles. The zero-order valence-corrected chi connectivity index (χ0v) is 7.10. The van der Waals surface area contributed by atoms with Crippen molar-refractivity contribution in [2.24, 2.45) is 0 Å². The standard InChI is InChI=1S/C7H13NOS/c1-2-8(6-3-4-6)7(9)5-10/h6,10H,2-5H2,1H3. The molecule has 2 nitrogen and oxygen atoms in total. The lowest BCUT2D eigenvalue weighted by atomic mass is 10.4. The van der Waals surface area contributed by atoms with Crippen LogP contribution in [-0.2, 0) is 4.79 Å². The van der Waals surface area contributed by atoms with E-state index in [4.69, 9.17) is 0 Å². The van der Waals surface area contributed by atoms with Crippen molar-refractivity contribution in [2.45, 2.75) is 25.8 Å². The lowest BCUT2D eigenvalue weighted by Gasteiger charge is -2.18. The number of rotatable bonds is 3. The predicted octanol–water partition coefficient (Wildman–Crippen LogP) is 0.927. The second-order valence-electron chi connectivity index (χ2n) is 2.57.